The fourth-order valence-corrected chi connectivity index (χ4v) is 4.72. The highest BCUT2D eigenvalue weighted by atomic mass is 32.2. The van der Waals surface area contributed by atoms with Crippen molar-refractivity contribution >= 4 is 34.5 Å². The van der Waals surface area contributed by atoms with Gasteiger partial charge in [0.05, 0.1) is 23.9 Å². The number of benzene rings is 2. The number of nitrogens with zero attached hydrogens (tertiary/aromatic N) is 2. The van der Waals surface area contributed by atoms with Crippen molar-refractivity contribution in [2.75, 3.05) is 18.5 Å². The van der Waals surface area contributed by atoms with Crippen LogP contribution >= 0.6 is 11.8 Å². The molecule has 34 heavy (non-hydrogen) atoms. The summed E-state index contributed by atoms with van der Waals surface area (Å²) in [5.41, 5.74) is 3.94. The molecule has 0 bridgehead atoms. The Hall–Kier alpha value is -3.52. The Kier molecular flexibility index (Phi) is 7.37. The van der Waals surface area contributed by atoms with Crippen LogP contribution in [0.4, 0.5) is 5.69 Å². The van der Waals surface area contributed by atoms with E-state index in [1.54, 1.807) is 19.1 Å². The van der Waals surface area contributed by atoms with Gasteiger partial charge in [-0.3, -0.25) is 4.79 Å². The number of allylic oxidation sites excluding steroid dienone is 1. The molecule has 0 aromatic heterocycles. The summed E-state index contributed by atoms with van der Waals surface area (Å²) in [5.74, 6) is -0.0277. The number of thioether (sulfide) groups is 1. The molecule has 2 aliphatic rings. The van der Waals surface area contributed by atoms with Gasteiger partial charge >= 0.3 is 5.97 Å². The number of rotatable bonds is 8. The van der Waals surface area contributed by atoms with E-state index < -0.39 is 0 Å². The maximum Gasteiger partial charge on any atom is 0.338 e. The average molecular weight is 478 g/mol. The minimum atomic E-state index is -0.373. The first kappa shape index (κ1) is 23.6. The van der Waals surface area contributed by atoms with Crippen LogP contribution in [-0.4, -0.2) is 35.2 Å². The van der Waals surface area contributed by atoms with E-state index in [2.05, 4.69) is 10.3 Å². The second-order valence-corrected chi connectivity index (χ2v) is 8.62. The highest BCUT2D eigenvalue weighted by Crippen LogP contribution is 2.41. The Balaban J connectivity index is 1.47. The first-order chi connectivity index (χ1) is 16.5. The number of fused-ring (bicyclic) bond motifs is 1. The Morgan fingerprint density at radius 1 is 1.12 bits per heavy atom. The molecule has 0 fully saturated rings. The maximum absolute atomic E-state index is 12.7. The van der Waals surface area contributed by atoms with Gasteiger partial charge in [-0.1, -0.05) is 49.0 Å². The van der Waals surface area contributed by atoms with Crippen LogP contribution in [0.3, 0.4) is 0 Å². The van der Waals surface area contributed by atoms with Crippen molar-refractivity contribution in [3.8, 4) is 5.75 Å². The van der Waals surface area contributed by atoms with Crippen molar-refractivity contribution in [3.05, 3.63) is 82.5 Å². The van der Waals surface area contributed by atoms with E-state index in [1.165, 1.54) is 11.8 Å². The van der Waals surface area contributed by atoms with E-state index in [9.17, 15) is 9.59 Å². The molecule has 1 unspecified atom stereocenters. The lowest BCUT2D eigenvalue weighted by Crippen LogP contribution is -2.34. The number of anilines is 1. The molecule has 8 heteroatoms. The van der Waals surface area contributed by atoms with Crippen LogP contribution < -0.4 is 10.1 Å². The van der Waals surface area contributed by atoms with Crippen LogP contribution in [0.5, 0.6) is 5.75 Å². The summed E-state index contributed by atoms with van der Waals surface area (Å²) < 4.78 is 11.0. The van der Waals surface area contributed by atoms with Gasteiger partial charge in [-0.2, -0.15) is 0 Å². The summed E-state index contributed by atoms with van der Waals surface area (Å²) in [6.07, 6.45) is 2.75. The quantitative estimate of drug-likeness (QED) is 0.537. The third kappa shape index (κ3) is 5.02. The summed E-state index contributed by atoms with van der Waals surface area (Å²) in [6, 6.07) is 14.8. The number of hydrogen-bond donors (Lipinski definition) is 1. The Labute approximate surface area is 203 Å². The number of aliphatic imine (C=N–C) groups is 1. The summed E-state index contributed by atoms with van der Waals surface area (Å²) in [5, 5.41) is 5.67. The van der Waals surface area contributed by atoms with E-state index >= 15 is 0 Å². The molecule has 176 valence electrons. The normalized spacial score (nSPS) is 16.7. The van der Waals surface area contributed by atoms with Crippen LogP contribution in [0.15, 0.2) is 76.4 Å². The van der Waals surface area contributed by atoms with Crippen LogP contribution in [0.1, 0.15) is 37.9 Å². The van der Waals surface area contributed by atoms with Gasteiger partial charge in [-0.25, -0.2) is 9.79 Å². The van der Waals surface area contributed by atoms with Crippen molar-refractivity contribution in [1.82, 2.24) is 4.90 Å². The van der Waals surface area contributed by atoms with Gasteiger partial charge < -0.3 is 19.7 Å². The molecule has 0 aliphatic carbocycles. The molecule has 2 heterocycles. The predicted octanol–water partition coefficient (Wildman–Crippen LogP) is 5.03. The van der Waals surface area contributed by atoms with Gasteiger partial charge in [-0.05, 0) is 55.0 Å². The van der Waals surface area contributed by atoms with Gasteiger partial charge in [0.15, 0.2) is 11.8 Å². The first-order valence-electron chi connectivity index (χ1n) is 11.2. The number of aryl methyl sites for hydroxylation is 1. The molecule has 2 aromatic rings. The molecule has 7 nitrogen and oxygen atoms in total. The predicted molar refractivity (Wildman–Crippen MR) is 134 cm³/mol. The minimum Gasteiger partial charge on any atom is -0.484 e. The monoisotopic (exact) mass is 477 g/mol. The maximum atomic E-state index is 12.7. The lowest BCUT2D eigenvalue weighted by molar-refractivity contribution is -0.139. The minimum absolute atomic E-state index is 0.101. The standard InChI is InChI=1S/C26H27N3O4S/c1-4-18-8-6-7-9-21(18)28-22(30)16-33-20-12-10-19(11-13-20)24-23(25(31)32-5-2)17(3)27-26-29(24)14-15-34-26/h6-15,24H,4-5,16H2,1-3H3,(H,28,30). The lowest BCUT2D eigenvalue weighted by Gasteiger charge is -2.33. The van der Waals surface area contributed by atoms with Gasteiger partial charge in [0.2, 0.25) is 0 Å². The SMILES string of the molecule is CCOC(=O)C1=C(C)N=C2SC=CN2C1c1ccc(OCC(=O)Nc2ccccc2CC)cc1. The Bertz CT molecular complexity index is 1170. The number of carbonyl (C=O) groups excluding carboxylic acids is 2. The highest BCUT2D eigenvalue weighted by Gasteiger charge is 2.37. The van der Waals surface area contributed by atoms with E-state index in [0.717, 1.165) is 28.4 Å². The first-order valence-corrected chi connectivity index (χ1v) is 12.1. The molecular weight excluding hydrogens is 450 g/mol. The van der Waals surface area contributed by atoms with Crippen LogP contribution in [-0.2, 0) is 20.7 Å². The van der Waals surface area contributed by atoms with Crippen molar-refractivity contribution in [3.63, 3.8) is 0 Å². The lowest BCUT2D eigenvalue weighted by atomic mass is 9.95. The van der Waals surface area contributed by atoms with Crippen molar-refractivity contribution in [2.45, 2.75) is 33.2 Å². The van der Waals surface area contributed by atoms with E-state index in [-0.39, 0.29) is 24.5 Å². The molecule has 1 atom stereocenters. The van der Waals surface area contributed by atoms with Gasteiger partial charge in [0, 0.05) is 11.9 Å². The molecular formula is C26H27N3O4S. The highest BCUT2D eigenvalue weighted by molar-refractivity contribution is 8.16. The van der Waals surface area contributed by atoms with E-state index in [4.69, 9.17) is 9.47 Å². The van der Waals surface area contributed by atoms with Crippen LogP contribution in [0.2, 0.25) is 0 Å². The molecule has 0 saturated carbocycles. The number of amides is 1. The van der Waals surface area contributed by atoms with E-state index in [1.807, 2.05) is 66.8 Å². The second-order valence-electron chi connectivity index (χ2n) is 7.74. The largest absolute Gasteiger partial charge is 0.484 e. The molecule has 1 amide bonds. The molecule has 4 rings (SSSR count). The number of amidine groups is 1. The van der Waals surface area contributed by atoms with Gasteiger partial charge in [0.25, 0.3) is 5.91 Å². The average Bonchev–Trinajstić information content (AvgIpc) is 3.30. The van der Waals surface area contributed by atoms with Crippen LogP contribution in [0.25, 0.3) is 0 Å². The molecule has 0 spiro atoms. The Morgan fingerprint density at radius 2 is 1.88 bits per heavy atom. The Morgan fingerprint density at radius 3 is 2.62 bits per heavy atom. The number of hydrogen-bond acceptors (Lipinski definition) is 7. The fourth-order valence-electron chi connectivity index (χ4n) is 3.93. The molecule has 2 aromatic carbocycles. The van der Waals surface area contributed by atoms with Crippen LogP contribution in [0, 0.1) is 0 Å². The third-order valence-electron chi connectivity index (χ3n) is 5.55. The van der Waals surface area contributed by atoms with E-state index in [0.29, 0.717) is 23.6 Å². The van der Waals surface area contributed by atoms with Gasteiger partial charge in [0.1, 0.15) is 5.75 Å². The zero-order valence-corrected chi connectivity index (χ0v) is 20.2. The number of ether oxygens (including phenoxy) is 2. The number of carbonyl (C=O) groups is 2. The smallest absolute Gasteiger partial charge is 0.338 e. The summed E-state index contributed by atoms with van der Waals surface area (Å²) >= 11 is 1.51. The third-order valence-corrected chi connectivity index (χ3v) is 6.32. The number of esters is 1. The summed E-state index contributed by atoms with van der Waals surface area (Å²) in [7, 11) is 0. The molecule has 0 radical (unpaired) electrons. The summed E-state index contributed by atoms with van der Waals surface area (Å²) in [4.78, 5) is 31.7. The molecule has 1 N–H and O–H groups in total. The fraction of sp³-hybridized carbons (Fsp3) is 0.269. The zero-order chi connectivity index (χ0) is 24.1. The van der Waals surface area contributed by atoms with Crippen molar-refractivity contribution in [2.24, 2.45) is 4.99 Å². The number of nitrogens with one attached hydrogen (secondary N) is 1. The van der Waals surface area contributed by atoms with Gasteiger partial charge in [-0.15, -0.1) is 0 Å². The second kappa shape index (κ2) is 10.6. The van der Waals surface area contributed by atoms with Crippen molar-refractivity contribution in [1.29, 1.82) is 0 Å². The summed E-state index contributed by atoms with van der Waals surface area (Å²) in [6.45, 7) is 5.85. The molecule has 0 saturated heterocycles. The topological polar surface area (TPSA) is 80.2 Å². The zero-order valence-electron chi connectivity index (χ0n) is 19.4. The molecule has 2 aliphatic heterocycles. The number of para-hydroxylation sites is 1. The van der Waals surface area contributed by atoms with Crippen molar-refractivity contribution < 1.29 is 19.1 Å².